The second kappa shape index (κ2) is 3.58. The molecule has 0 unspecified atom stereocenters. The first-order valence-corrected chi connectivity index (χ1v) is 4.52. The fraction of sp³-hybridized carbons (Fsp3) is 0.300. The number of rotatable bonds is 3. The average Bonchev–Trinajstić information content (AvgIpc) is 2.62. The molecule has 3 nitrogen and oxygen atoms in total. The van der Waals surface area contributed by atoms with E-state index in [-0.39, 0.29) is 0 Å². The van der Waals surface area contributed by atoms with E-state index in [4.69, 9.17) is 5.73 Å². The number of nitrogens with zero attached hydrogens (tertiary/aromatic N) is 2. The summed E-state index contributed by atoms with van der Waals surface area (Å²) in [5.41, 5.74) is 7.90. The van der Waals surface area contributed by atoms with Gasteiger partial charge in [-0.2, -0.15) is 0 Å². The molecule has 2 heterocycles. The van der Waals surface area contributed by atoms with Crippen molar-refractivity contribution >= 4 is 5.52 Å². The Labute approximate surface area is 77.2 Å². The third kappa shape index (κ3) is 1.55. The minimum atomic E-state index is 0.741. The van der Waals surface area contributed by atoms with E-state index < -0.39 is 0 Å². The van der Waals surface area contributed by atoms with E-state index in [1.54, 1.807) is 0 Å². The van der Waals surface area contributed by atoms with E-state index in [0.29, 0.717) is 0 Å². The molecule has 0 saturated heterocycles. The van der Waals surface area contributed by atoms with Gasteiger partial charge in [0.15, 0.2) is 0 Å². The second-order valence-electron chi connectivity index (χ2n) is 3.10. The van der Waals surface area contributed by atoms with Gasteiger partial charge in [-0.1, -0.05) is 6.07 Å². The summed E-state index contributed by atoms with van der Waals surface area (Å²) in [6.07, 6.45) is 5.76. The molecule has 0 aliphatic carbocycles. The lowest BCUT2D eigenvalue weighted by Gasteiger charge is -2.03. The molecule has 2 aromatic heterocycles. The number of aromatic nitrogens is 2. The van der Waals surface area contributed by atoms with E-state index in [1.165, 1.54) is 5.69 Å². The number of nitrogens with two attached hydrogens (primary N) is 1. The van der Waals surface area contributed by atoms with Crippen LogP contribution in [0.25, 0.3) is 5.52 Å². The Morgan fingerprint density at radius 3 is 3.15 bits per heavy atom. The molecule has 0 spiro atoms. The topological polar surface area (TPSA) is 43.3 Å². The predicted octanol–water partition coefficient (Wildman–Crippen LogP) is 1.23. The van der Waals surface area contributed by atoms with E-state index in [1.807, 2.05) is 12.5 Å². The van der Waals surface area contributed by atoms with Crippen LogP contribution < -0.4 is 5.73 Å². The van der Waals surface area contributed by atoms with E-state index in [2.05, 4.69) is 27.6 Å². The molecular formula is C10H13N3. The zero-order valence-corrected chi connectivity index (χ0v) is 7.48. The van der Waals surface area contributed by atoms with Crippen LogP contribution in [0.15, 0.2) is 30.7 Å². The summed E-state index contributed by atoms with van der Waals surface area (Å²) in [6, 6.07) is 6.23. The largest absolute Gasteiger partial charge is 0.330 e. The van der Waals surface area contributed by atoms with Crippen LogP contribution in [0.5, 0.6) is 0 Å². The maximum atomic E-state index is 5.47. The average molecular weight is 175 g/mol. The summed E-state index contributed by atoms with van der Waals surface area (Å²) < 4.78 is 2.11. The minimum Gasteiger partial charge on any atom is -0.330 e. The number of hydrogen-bond acceptors (Lipinski definition) is 2. The number of imidazole rings is 1. The van der Waals surface area contributed by atoms with Crippen LogP contribution in [0.3, 0.4) is 0 Å². The van der Waals surface area contributed by atoms with Gasteiger partial charge in [0.1, 0.15) is 0 Å². The van der Waals surface area contributed by atoms with E-state index in [0.717, 1.165) is 24.9 Å². The smallest absolute Gasteiger partial charge is 0.0994 e. The van der Waals surface area contributed by atoms with Crippen LogP contribution in [0.1, 0.15) is 12.1 Å². The van der Waals surface area contributed by atoms with Gasteiger partial charge in [0, 0.05) is 5.69 Å². The highest BCUT2D eigenvalue weighted by Gasteiger charge is 1.98. The third-order valence-corrected chi connectivity index (χ3v) is 2.17. The van der Waals surface area contributed by atoms with Gasteiger partial charge in [-0.25, -0.2) is 4.98 Å². The quantitative estimate of drug-likeness (QED) is 0.762. The predicted molar refractivity (Wildman–Crippen MR) is 52.6 cm³/mol. The Hall–Kier alpha value is -1.35. The fourth-order valence-electron chi connectivity index (χ4n) is 1.49. The molecule has 0 radical (unpaired) electrons. The van der Waals surface area contributed by atoms with Crippen molar-refractivity contribution in [2.75, 3.05) is 6.54 Å². The second-order valence-corrected chi connectivity index (χ2v) is 3.10. The molecule has 0 aromatic carbocycles. The molecule has 0 aliphatic heterocycles. The molecule has 0 amide bonds. The lowest BCUT2D eigenvalue weighted by Crippen LogP contribution is -2.03. The summed E-state index contributed by atoms with van der Waals surface area (Å²) in [5, 5.41) is 0. The Balaban J connectivity index is 2.37. The van der Waals surface area contributed by atoms with Crippen molar-refractivity contribution in [3.05, 3.63) is 36.4 Å². The molecule has 2 aromatic rings. The molecule has 2 rings (SSSR count). The van der Waals surface area contributed by atoms with Crippen molar-refractivity contribution in [1.29, 1.82) is 0 Å². The molecule has 0 saturated carbocycles. The van der Waals surface area contributed by atoms with Crippen molar-refractivity contribution < 1.29 is 0 Å². The van der Waals surface area contributed by atoms with Crippen molar-refractivity contribution in [2.45, 2.75) is 12.8 Å². The zero-order chi connectivity index (χ0) is 9.10. The normalized spacial score (nSPS) is 10.8. The lowest BCUT2D eigenvalue weighted by molar-refractivity contribution is 0.797. The van der Waals surface area contributed by atoms with Crippen LogP contribution in [0.2, 0.25) is 0 Å². The molecule has 0 fully saturated rings. The van der Waals surface area contributed by atoms with E-state index >= 15 is 0 Å². The fourth-order valence-corrected chi connectivity index (χ4v) is 1.49. The summed E-state index contributed by atoms with van der Waals surface area (Å²) in [5.74, 6) is 0. The van der Waals surface area contributed by atoms with Crippen LogP contribution in [-0.4, -0.2) is 15.9 Å². The number of pyridine rings is 1. The lowest BCUT2D eigenvalue weighted by atomic mass is 10.2. The zero-order valence-electron chi connectivity index (χ0n) is 7.48. The summed E-state index contributed by atoms with van der Waals surface area (Å²) in [4.78, 5) is 4.10. The minimum absolute atomic E-state index is 0.741. The van der Waals surface area contributed by atoms with Gasteiger partial charge in [-0.3, -0.25) is 0 Å². The number of hydrogen-bond donors (Lipinski definition) is 1. The van der Waals surface area contributed by atoms with Gasteiger partial charge in [-0.15, -0.1) is 0 Å². The summed E-state index contributed by atoms with van der Waals surface area (Å²) in [7, 11) is 0. The summed E-state index contributed by atoms with van der Waals surface area (Å²) >= 11 is 0. The van der Waals surface area contributed by atoms with Crippen molar-refractivity contribution in [2.24, 2.45) is 5.73 Å². The van der Waals surface area contributed by atoms with Gasteiger partial charge in [0.2, 0.25) is 0 Å². The van der Waals surface area contributed by atoms with Crippen LogP contribution in [-0.2, 0) is 6.42 Å². The molecule has 0 bridgehead atoms. The molecule has 13 heavy (non-hydrogen) atoms. The molecule has 68 valence electrons. The molecule has 0 atom stereocenters. The van der Waals surface area contributed by atoms with Gasteiger partial charge >= 0.3 is 0 Å². The monoisotopic (exact) mass is 175 g/mol. The Morgan fingerprint density at radius 2 is 2.31 bits per heavy atom. The third-order valence-electron chi connectivity index (χ3n) is 2.17. The maximum absolute atomic E-state index is 5.47. The van der Waals surface area contributed by atoms with Crippen LogP contribution in [0, 0.1) is 0 Å². The Bertz CT molecular complexity index is 392. The highest BCUT2D eigenvalue weighted by Crippen LogP contribution is 2.08. The van der Waals surface area contributed by atoms with Gasteiger partial charge in [0.25, 0.3) is 0 Å². The highest BCUT2D eigenvalue weighted by molar-refractivity contribution is 5.45. The molecule has 2 N–H and O–H groups in total. The first-order valence-electron chi connectivity index (χ1n) is 4.52. The van der Waals surface area contributed by atoms with Crippen molar-refractivity contribution in [3.8, 4) is 0 Å². The summed E-state index contributed by atoms with van der Waals surface area (Å²) in [6.45, 7) is 0.741. The SMILES string of the molecule is NCCCc1cccc2cncn12. The van der Waals surface area contributed by atoms with Crippen molar-refractivity contribution in [1.82, 2.24) is 9.38 Å². The first kappa shape index (κ1) is 8.26. The van der Waals surface area contributed by atoms with Crippen molar-refractivity contribution in [3.63, 3.8) is 0 Å². The number of fused-ring (bicyclic) bond motifs is 1. The highest BCUT2D eigenvalue weighted by atomic mass is 15.0. The number of aryl methyl sites for hydroxylation is 1. The molecule has 3 heteroatoms. The Morgan fingerprint density at radius 1 is 1.38 bits per heavy atom. The van der Waals surface area contributed by atoms with Gasteiger partial charge < -0.3 is 10.1 Å². The van der Waals surface area contributed by atoms with E-state index in [9.17, 15) is 0 Å². The van der Waals surface area contributed by atoms with Crippen LogP contribution in [0.4, 0.5) is 0 Å². The van der Waals surface area contributed by atoms with Gasteiger partial charge in [-0.05, 0) is 31.5 Å². The standard InChI is InChI=1S/C10H13N3/c11-6-2-5-9-3-1-4-10-7-12-8-13(9)10/h1,3-4,7-8H,2,5-6,11H2. The van der Waals surface area contributed by atoms with Crippen LogP contribution >= 0.6 is 0 Å². The molecular weight excluding hydrogens is 162 g/mol. The van der Waals surface area contributed by atoms with Gasteiger partial charge in [0.05, 0.1) is 18.0 Å². The molecule has 0 aliphatic rings. The first-order chi connectivity index (χ1) is 6.42. The Kier molecular flexibility index (Phi) is 2.27. The maximum Gasteiger partial charge on any atom is 0.0994 e.